The van der Waals surface area contributed by atoms with Crippen LogP contribution in [0.15, 0.2) is 18.2 Å². The summed E-state index contributed by atoms with van der Waals surface area (Å²) in [5.74, 6) is 0.742. The molecule has 1 saturated heterocycles. The van der Waals surface area contributed by atoms with E-state index in [0.717, 1.165) is 72.1 Å². The Morgan fingerprint density at radius 1 is 1.10 bits per heavy atom. The van der Waals surface area contributed by atoms with Gasteiger partial charge in [0.15, 0.2) is 0 Å². The highest BCUT2D eigenvalue weighted by Gasteiger charge is 2.20. The van der Waals surface area contributed by atoms with Crippen molar-refractivity contribution in [3.8, 4) is 0 Å². The number of hydrogen-bond acceptors (Lipinski definition) is 6. The number of benzene rings is 1. The molecule has 3 aromatic rings. The minimum atomic E-state index is -0.0818. The number of nitrogens with one attached hydrogen (secondary N) is 1. The van der Waals surface area contributed by atoms with E-state index in [1.165, 1.54) is 22.6 Å². The largest absolute Gasteiger partial charge is 0.369 e. The van der Waals surface area contributed by atoms with E-state index < -0.39 is 0 Å². The number of piperazine rings is 1. The van der Waals surface area contributed by atoms with Crippen molar-refractivity contribution in [1.29, 1.82) is 0 Å². The third kappa shape index (κ3) is 4.29. The third-order valence-corrected chi connectivity index (χ3v) is 7.34. The summed E-state index contributed by atoms with van der Waals surface area (Å²) in [4.78, 5) is 28.8. The lowest BCUT2D eigenvalue weighted by atomic mass is 10.1. The molecule has 7 heteroatoms. The Kier molecular flexibility index (Phi) is 6.25. The number of fused-ring (bicyclic) bond motifs is 1. The smallest absolute Gasteiger partial charge is 0.266 e. The molecular weight excluding hydrogens is 406 g/mol. The summed E-state index contributed by atoms with van der Waals surface area (Å²) < 4.78 is 0. The van der Waals surface area contributed by atoms with Crippen LogP contribution < -0.4 is 10.2 Å². The molecule has 0 bridgehead atoms. The van der Waals surface area contributed by atoms with Gasteiger partial charge >= 0.3 is 0 Å². The lowest BCUT2D eigenvalue weighted by Gasteiger charge is -2.36. The van der Waals surface area contributed by atoms with Crippen LogP contribution in [0, 0.1) is 20.8 Å². The Morgan fingerprint density at radius 2 is 1.84 bits per heavy atom. The van der Waals surface area contributed by atoms with Crippen molar-refractivity contribution in [2.45, 2.75) is 41.0 Å². The second-order valence-electron chi connectivity index (χ2n) is 8.19. The number of amides is 1. The van der Waals surface area contributed by atoms with E-state index in [9.17, 15) is 4.79 Å². The first-order chi connectivity index (χ1) is 14.9. The Bertz CT molecular complexity index is 1110. The van der Waals surface area contributed by atoms with Crippen LogP contribution in [0.5, 0.6) is 0 Å². The first-order valence-electron chi connectivity index (χ1n) is 11.1. The monoisotopic (exact) mass is 437 g/mol. The van der Waals surface area contributed by atoms with Gasteiger partial charge in [-0.3, -0.25) is 4.79 Å². The normalized spacial score (nSPS) is 14.9. The number of hydrogen-bond donors (Lipinski definition) is 1. The molecule has 0 atom stereocenters. The van der Waals surface area contributed by atoms with Crippen molar-refractivity contribution in [2.24, 2.45) is 0 Å². The van der Waals surface area contributed by atoms with E-state index in [4.69, 9.17) is 0 Å². The van der Waals surface area contributed by atoms with Gasteiger partial charge in [0.1, 0.15) is 10.7 Å². The molecule has 0 unspecified atom stereocenters. The first-order valence-corrected chi connectivity index (χ1v) is 11.9. The highest BCUT2D eigenvalue weighted by atomic mass is 32.1. The van der Waals surface area contributed by atoms with E-state index in [1.807, 2.05) is 26.8 Å². The summed E-state index contributed by atoms with van der Waals surface area (Å²) in [6, 6.07) is 6.21. The number of aryl methyl sites for hydroxylation is 4. The predicted octanol–water partition coefficient (Wildman–Crippen LogP) is 4.57. The number of nitrogens with zero attached hydrogens (tertiary/aromatic N) is 4. The molecule has 0 radical (unpaired) electrons. The van der Waals surface area contributed by atoms with E-state index in [-0.39, 0.29) is 5.91 Å². The number of carbonyl (C=O) groups excluding carboxylic acids is 1. The molecule has 1 aliphatic heterocycles. The van der Waals surface area contributed by atoms with Gasteiger partial charge in [-0.1, -0.05) is 13.8 Å². The van der Waals surface area contributed by atoms with Gasteiger partial charge in [-0.05, 0) is 56.6 Å². The zero-order chi connectivity index (χ0) is 22.1. The Labute approximate surface area is 188 Å². The molecule has 0 saturated carbocycles. The van der Waals surface area contributed by atoms with Crippen LogP contribution in [0.25, 0.3) is 10.2 Å². The maximum atomic E-state index is 13.1. The van der Waals surface area contributed by atoms with Crippen molar-refractivity contribution < 1.29 is 4.79 Å². The van der Waals surface area contributed by atoms with Gasteiger partial charge in [0.25, 0.3) is 5.91 Å². The second-order valence-corrected chi connectivity index (χ2v) is 9.19. The summed E-state index contributed by atoms with van der Waals surface area (Å²) in [6.45, 7) is 15.8. The fourth-order valence-electron chi connectivity index (χ4n) is 4.35. The molecule has 1 aromatic carbocycles. The molecule has 1 N–H and O–H groups in total. The Hall–Kier alpha value is -2.51. The summed E-state index contributed by atoms with van der Waals surface area (Å²) in [7, 11) is 0. The standard InChI is InChI=1S/C24H31N5OS/c1-6-20-25-17(5)21-16(4)22(31-24(21)27-20)23(30)26-18-8-9-19(15(3)14-18)29-12-10-28(7-2)11-13-29/h8-9,14H,6-7,10-13H2,1-5H3,(H,26,30). The first kappa shape index (κ1) is 21.7. The topological polar surface area (TPSA) is 61.4 Å². The maximum Gasteiger partial charge on any atom is 0.266 e. The third-order valence-electron chi connectivity index (χ3n) is 6.15. The summed E-state index contributed by atoms with van der Waals surface area (Å²) in [5.41, 5.74) is 5.17. The number of thiophene rings is 1. The van der Waals surface area contributed by atoms with Crippen LogP contribution >= 0.6 is 11.3 Å². The quantitative estimate of drug-likeness (QED) is 0.633. The number of carbonyl (C=O) groups is 1. The van der Waals surface area contributed by atoms with Crippen molar-refractivity contribution in [2.75, 3.05) is 42.9 Å². The average Bonchev–Trinajstić information content (AvgIpc) is 3.11. The minimum Gasteiger partial charge on any atom is -0.369 e. The fourth-order valence-corrected chi connectivity index (χ4v) is 5.50. The molecule has 164 valence electrons. The zero-order valence-corrected chi connectivity index (χ0v) is 19.9. The lowest BCUT2D eigenvalue weighted by molar-refractivity contribution is 0.103. The number of likely N-dealkylation sites (N-methyl/N-ethyl adjacent to an activating group) is 1. The molecule has 4 rings (SSSR count). The molecule has 1 aliphatic rings. The molecular formula is C24H31N5OS. The van der Waals surface area contributed by atoms with E-state index in [2.05, 4.69) is 51.1 Å². The SMILES string of the molecule is CCc1nc(C)c2c(C)c(C(=O)Nc3ccc(N4CCN(CC)CC4)c(C)c3)sc2n1. The predicted molar refractivity (Wildman–Crippen MR) is 130 cm³/mol. The minimum absolute atomic E-state index is 0.0818. The number of aromatic nitrogens is 2. The second kappa shape index (κ2) is 8.93. The van der Waals surface area contributed by atoms with Gasteiger partial charge in [-0.15, -0.1) is 11.3 Å². The number of anilines is 2. The van der Waals surface area contributed by atoms with E-state index in [0.29, 0.717) is 4.88 Å². The lowest BCUT2D eigenvalue weighted by Crippen LogP contribution is -2.46. The van der Waals surface area contributed by atoms with Crippen LogP contribution in [0.2, 0.25) is 0 Å². The van der Waals surface area contributed by atoms with Crippen LogP contribution in [-0.2, 0) is 6.42 Å². The average molecular weight is 438 g/mol. The van der Waals surface area contributed by atoms with Gasteiger partial charge in [0.05, 0.1) is 4.88 Å². The van der Waals surface area contributed by atoms with Crippen LogP contribution in [0.1, 0.15) is 46.2 Å². The molecule has 1 amide bonds. The fraction of sp³-hybridized carbons (Fsp3) is 0.458. The maximum absolute atomic E-state index is 13.1. The van der Waals surface area contributed by atoms with Crippen LogP contribution in [0.4, 0.5) is 11.4 Å². The Morgan fingerprint density at radius 3 is 2.48 bits per heavy atom. The highest BCUT2D eigenvalue weighted by molar-refractivity contribution is 7.20. The van der Waals surface area contributed by atoms with Gasteiger partial charge in [-0.25, -0.2) is 9.97 Å². The van der Waals surface area contributed by atoms with Gasteiger partial charge in [0.2, 0.25) is 0 Å². The molecule has 2 aromatic heterocycles. The van der Waals surface area contributed by atoms with E-state index in [1.54, 1.807) is 0 Å². The molecule has 1 fully saturated rings. The van der Waals surface area contributed by atoms with Gasteiger partial charge < -0.3 is 15.1 Å². The van der Waals surface area contributed by atoms with Crippen molar-refractivity contribution in [3.05, 3.63) is 45.7 Å². The summed E-state index contributed by atoms with van der Waals surface area (Å²) in [5, 5.41) is 4.10. The Balaban J connectivity index is 1.53. The molecule has 31 heavy (non-hydrogen) atoms. The summed E-state index contributed by atoms with van der Waals surface area (Å²) in [6.07, 6.45) is 0.786. The molecule has 3 heterocycles. The van der Waals surface area contributed by atoms with Gasteiger partial charge in [-0.2, -0.15) is 0 Å². The zero-order valence-electron chi connectivity index (χ0n) is 19.1. The highest BCUT2D eigenvalue weighted by Crippen LogP contribution is 2.32. The molecule has 0 spiro atoms. The molecule has 6 nitrogen and oxygen atoms in total. The van der Waals surface area contributed by atoms with Crippen LogP contribution in [-0.4, -0.2) is 53.5 Å². The molecule has 0 aliphatic carbocycles. The van der Waals surface area contributed by atoms with Crippen molar-refractivity contribution >= 4 is 38.8 Å². The van der Waals surface area contributed by atoms with Crippen LogP contribution in [0.3, 0.4) is 0 Å². The van der Waals surface area contributed by atoms with Crippen molar-refractivity contribution in [3.63, 3.8) is 0 Å². The van der Waals surface area contributed by atoms with E-state index >= 15 is 0 Å². The van der Waals surface area contributed by atoms with Crippen molar-refractivity contribution in [1.82, 2.24) is 14.9 Å². The number of rotatable bonds is 5. The summed E-state index contributed by atoms with van der Waals surface area (Å²) >= 11 is 1.45. The van der Waals surface area contributed by atoms with Gasteiger partial charge in [0, 0.05) is 55.1 Å².